The zero-order chi connectivity index (χ0) is 41.8. The van der Waals surface area contributed by atoms with Crippen molar-refractivity contribution >= 4 is 17.1 Å². The number of rotatable bonds is 9. The highest BCUT2D eigenvalue weighted by Crippen LogP contribution is 2.60. The van der Waals surface area contributed by atoms with Crippen molar-refractivity contribution in [3.63, 3.8) is 0 Å². The van der Waals surface area contributed by atoms with E-state index in [0.29, 0.717) is 0 Å². The first-order chi connectivity index (χ1) is 30.5. The molecular weight excluding hydrogens is 747 g/mol. The molecule has 0 radical (unpaired) electrons. The first-order valence-corrected chi connectivity index (χ1v) is 22.1. The zero-order valence-electron chi connectivity index (χ0n) is 35.6. The van der Waals surface area contributed by atoms with Crippen molar-refractivity contribution in [1.29, 1.82) is 0 Å². The molecule has 0 saturated carbocycles. The third-order valence-corrected chi connectivity index (χ3v) is 13.8. The molecule has 11 rings (SSSR count). The van der Waals surface area contributed by atoms with Gasteiger partial charge in [0.25, 0.3) is 0 Å². The second-order valence-corrected chi connectivity index (χ2v) is 17.5. The van der Waals surface area contributed by atoms with Crippen LogP contribution in [0.15, 0.2) is 218 Å². The monoisotopic (exact) mass is 795 g/mol. The number of hydrogen-bond donors (Lipinski definition) is 0. The minimum atomic E-state index is -0.501. The van der Waals surface area contributed by atoms with Crippen LogP contribution < -0.4 is 4.90 Å². The molecule has 1 heteroatoms. The van der Waals surface area contributed by atoms with Crippen molar-refractivity contribution < 1.29 is 0 Å². The molecule has 9 aromatic carbocycles. The van der Waals surface area contributed by atoms with Crippen LogP contribution in [-0.2, 0) is 23.7 Å². The van der Waals surface area contributed by atoms with Crippen LogP contribution in [0.25, 0.3) is 33.4 Å². The van der Waals surface area contributed by atoms with E-state index in [9.17, 15) is 0 Å². The summed E-state index contributed by atoms with van der Waals surface area (Å²) in [5.74, 6) is 0. The van der Waals surface area contributed by atoms with Gasteiger partial charge >= 0.3 is 0 Å². The van der Waals surface area contributed by atoms with E-state index < -0.39 is 5.41 Å². The van der Waals surface area contributed by atoms with Crippen molar-refractivity contribution in [2.45, 2.75) is 44.4 Å². The van der Waals surface area contributed by atoms with E-state index in [1.54, 1.807) is 0 Å². The van der Waals surface area contributed by atoms with Crippen LogP contribution in [0.3, 0.4) is 0 Å². The smallest absolute Gasteiger partial charge is 0.0714 e. The molecule has 0 aromatic heterocycles. The Balaban J connectivity index is 1.16. The van der Waals surface area contributed by atoms with Gasteiger partial charge in [-0.2, -0.15) is 0 Å². The Morgan fingerprint density at radius 2 is 0.903 bits per heavy atom. The molecule has 2 aliphatic rings. The van der Waals surface area contributed by atoms with Crippen LogP contribution in [-0.4, -0.2) is 0 Å². The minimum Gasteiger partial charge on any atom is -0.310 e. The van der Waals surface area contributed by atoms with Gasteiger partial charge in [0.1, 0.15) is 0 Å². The summed E-state index contributed by atoms with van der Waals surface area (Å²) in [6.45, 7) is 7.06. The van der Waals surface area contributed by atoms with Gasteiger partial charge in [-0.05, 0) is 121 Å². The number of aryl methyl sites for hydroxylation is 1. The Kier molecular flexibility index (Phi) is 9.16. The molecule has 1 nitrogen and oxygen atoms in total. The lowest BCUT2D eigenvalue weighted by atomic mass is 9.68. The summed E-state index contributed by atoms with van der Waals surface area (Å²) in [5.41, 5.74) is 22.5. The second-order valence-electron chi connectivity index (χ2n) is 17.5. The Labute approximate surface area is 366 Å². The Morgan fingerprint density at radius 3 is 1.60 bits per heavy atom. The summed E-state index contributed by atoms with van der Waals surface area (Å²) < 4.78 is 0. The maximum atomic E-state index is 2.56. The van der Waals surface area contributed by atoms with Crippen LogP contribution in [0.2, 0.25) is 0 Å². The third kappa shape index (κ3) is 5.83. The van der Waals surface area contributed by atoms with E-state index in [1.807, 2.05) is 0 Å². The molecule has 0 fully saturated rings. The highest BCUT2D eigenvalue weighted by atomic mass is 15.1. The Hall–Kier alpha value is -7.22. The quantitative estimate of drug-likeness (QED) is 0.141. The molecule has 62 heavy (non-hydrogen) atoms. The molecule has 0 bridgehead atoms. The zero-order valence-corrected chi connectivity index (χ0v) is 35.6. The van der Waals surface area contributed by atoms with E-state index in [4.69, 9.17) is 0 Å². The van der Waals surface area contributed by atoms with Crippen molar-refractivity contribution in [2.24, 2.45) is 0 Å². The molecule has 0 saturated heterocycles. The van der Waals surface area contributed by atoms with Gasteiger partial charge in [-0.25, -0.2) is 0 Å². The summed E-state index contributed by atoms with van der Waals surface area (Å²) >= 11 is 0. The summed E-state index contributed by atoms with van der Waals surface area (Å²) in [5, 5.41) is 0. The number of hydrogen-bond acceptors (Lipinski definition) is 1. The summed E-state index contributed by atoms with van der Waals surface area (Å²) in [4.78, 5) is 2.56. The molecule has 0 unspecified atom stereocenters. The van der Waals surface area contributed by atoms with Gasteiger partial charge in [0.05, 0.1) is 11.1 Å². The second kappa shape index (κ2) is 15.0. The van der Waals surface area contributed by atoms with Crippen LogP contribution in [0, 0.1) is 0 Å². The maximum absolute atomic E-state index is 2.56. The molecular formula is C61H49N. The fourth-order valence-corrected chi connectivity index (χ4v) is 10.9. The van der Waals surface area contributed by atoms with Gasteiger partial charge in [-0.1, -0.05) is 209 Å². The largest absolute Gasteiger partial charge is 0.310 e. The Morgan fingerprint density at radius 1 is 0.387 bits per heavy atom. The van der Waals surface area contributed by atoms with Gasteiger partial charge in [0, 0.05) is 22.4 Å². The standard InChI is InChI=1S/C61H49N/c1-4-43-40-47(35-37-50(43)49-28-15-14-23-44(49)39-42-21-8-5-9-22-42)62(48-36-38-52-51-29-16-18-31-54(51)60(2,3)57(52)41-48)58-34-20-33-56-59(58)53-30-17-19-32-55(53)61(56,45-24-10-6-11-25-45)46-26-12-7-13-27-46/h5-38,40-41H,4,39H2,1-3H3. The van der Waals surface area contributed by atoms with Crippen LogP contribution in [0.1, 0.15) is 70.8 Å². The SMILES string of the molecule is CCc1cc(N(c2ccc3c(c2)C(C)(C)c2ccccc2-3)c2cccc3c2-c2ccccc2C3(c2ccccc2)c2ccccc2)ccc1-c1ccccc1Cc1ccccc1. The van der Waals surface area contributed by atoms with Gasteiger partial charge in [-0.3, -0.25) is 0 Å². The summed E-state index contributed by atoms with van der Waals surface area (Å²) in [6.07, 6.45) is 1.80. The molecule has 0 aliphatic heterocycles. The van der Waals surface area contributed by atoms with E-state index in [1.165, 1.54) is 89.1 Å². The van der Waals surface area contributed by atoms with Crippen LogP contribution in [0.5, 0.6) is 0 Å². The van der Waals surface area contributed by atoms with Crippen molar-refractivity contribution in [2.75, 3.05) is 4.90 Å². The average Bonchev–Trinajstić information content (AvgIpc) is 3.76. The highest BCUT2D eigenvalue weighted by Gasteiger charge is 2.47. The van der Waals surface area contributed by atoms with Gasteiger partial charge in [-0.15, -0.1) is 0 Å². The molecule has 9 aromatic rings. The fraction of sp³-hybridized carbons (Fsp3) is 0.115. The predicted octanol–water partition coefficient (Wildman–Crippen LogP) is 15.6. The normalized spacial score (nSPS) is 13.8. The van der Waals surface area contributed by atoms with E-state index >= 15 is 0 Å². The predicted molar refractivity (Wildman–Crippen MR) is 260 cm³/mol. The highest BCUT2D eigenvalue weighted by molar-refractivity contribution is 5.98. The number of anilines is 3. The molecule has 0 atom stereocenters. The first kappa shape index (κ1) is 37.8. The first-order valence-electron chi connectivity index (χ1n) is 22.1. The molecule has 0 amide bonds. The van der Waals surface area contributed by atoms with E-state index in [2.05, 4.69) is 244 Å². The van der Waals surface area contributed by atoms with Gasteiger partial charge in [0.2, 0.25) is 0 Å². The molecule has 2 aliphatic carbocycles. The lowest BCUT2D eigenvalue weighted by Gasteiger charge is -2.34. The number of nitrogens with zero attached hydrogens (tertiary/aromatic N) is 1. The minimum absolute atomic E-state index is 0.143. The van der Waals surface area contributed by atoms with Crippen LogP contribution in [0.4, 0.5) is 17.1 Å². The average molecular weight is 796 g/mol. The van der Waals surface area contributed by atoms with Gasteiger partial charge in [0.15, 0.2) is 0 Å². The summed E-state index contributed by atoms with van der Waals surface area (Å²) in [7, 11) is 0. The van der Waals surface area contributed by atoms with E-state index in [0.717, 1.165) is 24.2 Å². The lowest BCUT2D eigenvalue weighted by molar-refractivity contribution is 0.660. The number of benzene rings is 9. The molecule has 0 heterocycles. The third-order valence-electron chi connectivity index (χ3n) is 13.8. The topological polar surface area (TPSA) is 3.24 Å². The fourth-order valence-electron chi connectivity index (χ4n) is 10.9. The molecule has 298 valence electrons. The summed E-state index contributed by atoms with van der Waals surface area (Å²) in [6, 6.07) is 81.6. The maximum Gasteiger partial charge on any atom is 0.0714 e. The van der Waals surface area contributed by atoms with Crippen molar-refractivity contribution in [3.8, 4) is 33.4 Å². The molecule has 0 N–H and O–H groups in total. The van der Waals surface area contributed by atoms with E-state index in [-0.39, 0.29) is 5.41 Å². The lowest BCUT2D eigenvalue weighted by Crippen LogP contribution is -2.28. The molecule has 0 spiro atoms. The van der Waals surface area contributed by atoms with Crippen molar-refractivity contribution in [1.82, 2.24) is 0 Å². The number of fused-ring (bicyclic) bond motifs is 6. The van der Waals surface area contributed by atoms with Gasteiger partial charge < -0.3 is 4.90 Å². The van der Waals surface area contributed by atoms with Crippen LogP contribution >= 0.6 is 0 Å². The van der Waals surface area contributed by atoms with Crippen molar-refractivity contribution in [3.05, 3.63) is 268 Å². The Bertz CT molecular complexity index is 3060.